The first-order chi connectivity index (χ1) is 11.3. The van der Waals surface area contributed by atoms with Crippen molar-refractivity contribution in [3.05, 3.63) is 57.8 Å². The standard InChI is InChI=1S/C19H24N2OS/c1-2-6-17(15-7-4-3-5-8-15)20-19(22)14-21-11-9-18-16(13-21)10-12-23-18/h3-5,7-8,10,12,17H,2,6,9,11,13-14H2,1H3,(H,20,22)/t17-/m1/s1. The van der Waals surface area contributed by atoms with Gasteiger partial charge in [-0.1, -0.05) is 43.7 Å². The van der Waals surface area contributed by atoms with E-state index < -0.39 is 0 Å². The number of carbonyl (C=O) groups is 1. The van der Waals surface area contributed by atoms with Gasteiger partial charge in [-0.25, -0.2) is 0 Å². The maximum Gasteiger partial charge on any atom is 0.234 e. The maximum absolute atomic E-state index is 12.5. The van der Waals surface area contributed by atoms with Gasteiger partial charge in [0.1, 0.15) is 0 Å². The van der Waals surface area contributed by atoms with Crippen LogP contribution in [0.2, 0.25) is 0 Å². The van der Waals surface area contributed by atoms with Crippen molar-refractivity contribution >= 4 is 17.2 Å². The summed E-state index contributed by atoms with van der Waals surface area (Å²) in [6, 6.07) is 12.6. The third-order valence-electron chi connectivity index (χ3n) is 4.37. The zero-order valence-electron chi connectivity index (χ0n) is 13.6. The number of benzene rings is 1. The minimum atomic E-state index is 0.121. The molecule has 3 nitrogen and oxygen atoms in total. The number of amides is 1. The van der Waals surface area contributed by atoms with Gasteiger partial charge in [0.15, 0.2) is 0 Å². The highest BCUT2D eigenvalue weighted by Gasteiger charge is 2.20. The summed E-state index contributed by atoms with van der Waals surface area (Å²) in [5, 5.41) is 5.38. The molecule has 1 aromatic heterocycles. The molecule has 3 rings (SSSR count). The monoisotopic (exact) mass is 328 g/mol. The molecule has 0 aliphatic carbocycles. The smallest absolute Gasteiger partial charge is 0.234 e. The van der Waals surface area contributed by atoms with Gasteiger partial charge in [-0.2, -0.15) is 0 Å². The van der Waals surface area contributed by atoms with E-state index in [2.05, 4.69) is 40.7 Å². The topological polar surface area (TPSA) is 32.3 Å². The van der Waals surface area contributed by atoms with Crippen LogP contribution in [0, 0.1) is 0 Å². The molecule has 0 saturated heterocycles. The Morgan fingerprint density at radius 3 is 2.91 bits per heavy atom. The van der Waals surface area contributed by atoms with Gasteiger partial charge in [0, 0.05) is 18.0 Å². The highest BCUT2D eigenvalue weighted by atomic mass is 32.1. The summed E-state index contributed by atoms with van der Waals surface area (Å²) < 4.78 is 0. The first kappa shape index (κ1) is 16.2. The molecule has 2 heterocycles. The predicted octanol–water partition coefficient (Wildman–Crippen LogP) is 3.76. The highest BCUT2D eigenvalue weighted by molar-refractivity contribution is 7.10. The lowest BCUT2D eigenvalue weighted by Crippen LogP contribution is -2.40. The number of nitrogens with one attached hydrogen (secondary N) is 1. The molecule has 1 aliphatic rings. The zero-order valence-corrected chi connectivity index (χ0v) is 14.4. The second-order valence-electron chi connectivity index (χ2n) is 6.15. The summed E-state index contributed by atoms with van der Waals surface area (Å²) in [6.07, 6.45) is 3.10. The molecule has 1 N–H and O–H groups in total. The molecule has 122 valence electrons. The van der Waals surface area contributed by atoms with E-state index in [1.807, 2.05) is 29.5 Å². The average molecular weight is 328 g/mol. The molecule has 1 aromatic carbocycles. The number of thiophene rings is 1. The number of carbonyl (C=O) groups excluding carboxylic acids is 1. The quantitative estimate of drug-likeness (QED) is 0.875. The van der Waals surface area contributed by atoms with Crippen LogP contribution >= 0.6 is 11.3 Å². The average Bonchev–Trinajstić information content (AvgIpc) is 3.03. The minimum Gasteiger partial charge on any atom is -0.348 e. The molecular formula is C19H24N2OS. The largest absolute Gasteiger partial charge is 0.348 e. The SMILES string of the molecule is CCC[C@@H](NC(=O)CN1CCc2sccc2C1)c1ccccc1. The highest BCUT2D eigenvalue weighted by Crippen LogP contribution is 2.24. The van der Waals surface area contributed by atoms with Crippen molar-refractivity contribution in [1.82, 2.24) is 10.2 Å². The van der Waals surface area contributed by atoms with Crippen LogP contribution in [0.1, 0.15) is 41.8 Å². The molecule has 4 heteroatoms. The number of hydrogen-bond donors (Lipinski definition) is 1. The van der Waals surface area contributed by atoms with Gasteiger partial charge in [0.2, 0.25) is 5.91 Å². The van der Waals surface area contributed by atoms with E-state index in [1.165, 1.54) is 16.0 Å². The number of fused-ring (bicyclic) bond motifs is 1. The number of hydrogen-bond acceptors (Lipinski definition) is 3. The van der Waals surface area contributed by atoms with E-state index in [1.54, 1.807) is 0 Å². The third-order valence-corrected chi connectivity index (χ3v) is 5.39. The van der Waals surface area contributed by atoms with Gasteiger partial charge in [-0.3, -0.25) is 9.69 Å². The molecule has 1 amide bonds. The normalized spacial score (nSPS) is 15.9. The molecule has 0 bridgehead atoms. The lowest BCUT2D eigenvalue weighted by molar-refractivity contribution is -0.123. The first-order valence-corrected chi connectivity index (χ1v) is 9.26. The maximum atomic E-state index is 12.5. The second-order valence-corrected chi connectivity index (χ2v) is 7.15. The van der Waals surface area contributed by atoms with Crippen LogP contribution in [0.4, 0.5) is 0 Å². The van der Waals surface area contributed by atoms with E-state index >= 15 is 0 Å². The second kappa shape index (κ2) is 7.75. The van der Waals surface area contributed by atoms with Gasteiger partial charge < -0.3 is 5.32 Å². The van der Waals surface area contributed by atoms with E-state index in [9.17, 15) is 4.79 Å². The zero-order chi connectivity index (χ0) is 16.1. The predicted molar refractivity (Wildman–Crippen MR) is 95.5 cm³/mol. The van der Waals surface area contributed by atoms with E-state index in [0.29, 0.717) is 6.54 Å². The van der Waals surface area contributed by atoms with E-state index in [-0.39, 0.29) is 11.9 Å². The van der Waals surface area contributed by atoms with Crippen LogP contribution in [0.15, 0.2) is 41.8 Å². The van der Waals surface area contributed by atoms with Crippen molar-refractivity contribution in [3.63, 3.8) is 0 Å². The van der Waals surface area contributed by atoms with E-state index in [4.69, 9.17) is 0 Å². The van der Waals surface area contributed by atoms with E-state index in [0.717, 1.165) is 32.4 Å². The minimum absolute atomic E-state index is 0.121. The van der Waals surface area contributed by atoms with Crippen molar-refractivity contribution < 1.29 is 4.79 Å². The molecule has 23 heavy (non-hydrogen) atoms. The van der Waals surface area contributed by atoms with Crippen LogP contribution in [0.25, 0.3) is 0 Å². The molecule has 0 fully saturated rings. The summed E-state index contributed by atoms with van der Waals surface area (Å²) in [5.74, 6) is 0.131. The van der Waals surface area contributed by atoms with Crippen molar-refractivity contribution in [2.24, 2.45) is 0 Å². The van der Waals surface area contributed by atoms with Crippen LogP contribution in [0.5, 0.6) is 0 Å². The summed E-state index contributed by atoms with van der Waals surface area (Å²) in [4.78, 5) is 16.2. The lowest BCUT2D eigenvalue weighted by atomic mass is 10.0. The van der Waals surface area contributed by atoms with Gasteiger partial charge in [0.05, 0.1) is 12.6 Å². The Morgan fingerprint density at radius 2 is 2.13 bits per heavy atom. The molecular weight excluding hydrogens is 304 g/mol. The van der Waals surface area contributed by atoms with Gasteiger partial charge in [-0.05, 0) is 35.4 Å². The molecule has 1 aliphatic heterocycles. The fraction of sp³-hybridized carbons (Fsp3) is 0.421. The van der Waals surface area contributed by atoms with Gasteiger partial charge in [-0.15, -0.1) is 11.3 Å². The number of nitrogens with zero attached hydrogens (tertiary/aromatic N) is 1. The van der Waals surface area contributed by atoms with Crippen molar-refractivity contribution in [3.8, 4) is 0 Å². The molecule has 2 aromatic rings. The van der Waals surface area contributed by atoms with Crippen molar-refractivity contribution in [2.45, 2.75) is 38.8 Å². The Labute approximate surface area is 142 Å². The fourth-order valence-corrected chi connectivity index (χ4v) is 4.07. The summed E-state index contributed by atoms with van der Waals surface area (Å²) >= 11 is 1.83. The Kier molecular flexibility index (Phi) is 5.47. The number of rotatable bonds is 6. The lowest BCUT2D eigenvalue weighted by Gasteiger charge is -2.27. The molecule has 0 saturated carbocycles. The van der Waals surface area contributed by atoms with Crippen LogP contribution in [-0.2, 0) is 17.8 Å². The molecule has 0 unspecified atom stereocenters. The fourth-order valence-electron chi connectivity index (χ4n) is 3.18. The van der Waals surface area contributed by atoms with Crippen LogP contribution in [-0.4, -0.2) is 23.9 Å². The Bertz CT molecular complexity index is 638. The Balaban J connectivity index is 1.57. The van der Waals surface area contributed by atoms with Crippen LogP contribution < -0.4 is 5.32 Å². The Hall–Kier alpha value is -1.65. The van der Waals surface area contributed by atoms with Crippen molar-refractivity contribution in [2.75, 3.05) is 13.1 Å². The summed E-state index contributed by atoms with van der Waals surface area (Å²) in [6.45, 7) is 4.52. The molecule has 0 spiro atoms. The first-order valence-electron chi connectivity index (χ1n) is 8.38. The molecule has 1 atom stereocenters. The third kappa shape index (κ3) is 4.21. The van der Waals surface area contributed by atoms with Crippen LogP contribution in [0.3, 0.4) is 0 Å². The molecule has 0 radical (unpaired) electrons. The van der Waals surface area contributed by atoms with Gasteiger partial charge >= 0.3 is 0 Å². The van der Waals surface area contributed by atoms with Crippen molar-refractivity contribution in [1.29, 1.82) is 0 Å². The summed E-state index contributed by atoms with van der Waals surface area (Å²) in [5.41, 5.74) is 2.59. The summed E-state index contributed by atoms with van der Waals surface area (Å²) in [7, 11) is 0. The van der Waals surface area contributed by atoms with Gasteiger partial charge in [0.25, 0.3) is 0 Å². The Morgan fingerprint density at radius 1 is 1.30 bits per heavy atom.